The number of nitrogens with zero attached hydrogens (tertiary/aromatic N) is 2. The van der Waals surface area contributed by atoms with E-state index in [0.29, 0.717) is 18.3 Å². The first kappa shape index (κ1) is 15.4. The normalized spacial score (nSPS) is 10.8. The molecule has 0 saturated heterocycles. The van der Waals surface area contributed by atoms with Crippen LogP contribution in [0.25, 0.3) is 0 Å². The number of aromatic carboxylic acids is 1. The number of carboxylic acids is 1. The van der Waals surface area contributed by atoms with Crippen molar-refractivity contribution in [2.75, 3.05) is 18.1 Å². The highest BCUT2D eigenvalue weighted by atomic mass is 16.4. The van der Waals surface area contributed by atoms with Crippen molar-refractivity contribution in [3.8, 4) is 0 Å². The quantitative estimate of drug-likeness (QED) is 0.790. The molecule has 0 fully saturated rings. The number of anilines is 1. The highest BCUT2D eigenvalue weighted by molar-refractivity contribution is 5.89. The SMILES string of the molecule is CCC(CC)N(CCO)c1ccc(C(=O)O)c(C)n1. The maximum atomic E-state index is 11.0. The van der Waals surface area contributed by atoms with E-state index in [4.69, 9.17) is 5.11 Å². The van der Waals surface area contributed by atoms with Gasteiger partial charge in [-0.25, -0.2) is 9.78 Å². The summed E-state index contributed by atoms with van der Waals surface area (Å²) in [6, 6.07) is 3.59. The maximum Gasteiger partial charge on any atom is 0.337 e. The summed E-state index contributed by atoms with van der Waals surface area (Å²) in [6.07, 6.45) is 1.91. The third kappa shape index (κ3) is 3.67. The summed E-state index contributed by atoms with van der Waals surface area (Å²) in [5.41, 5.74) is 0.719. The minimum atomic E-state index is -0.965. The Bertz CT molecular complexity index is 431. The van der Waals surface area contributed by atoms with Gasteiger partial charge in [-0.3, -0.25) is 0 Å². The summed E-state index contributed by atoms with van der Waals surface area (Å²) in [5, 5.41) is 18.2. The fourth-order valence-electron chi connectivity index (χ4n) is 2.26. The van der Waals surface area contributed by atoms with Crippen LogP contribution in [0.2, 0.25) is 0 Å². The molecule has 5 heteroatoms. The van der Waals surface area contributed by atoms with Crippen molar-refractivity contribution < 1.29 is 15.0 Å². The molecule has 0 aliphatic heterocycles. The highest BCUT2D eigenvalue weighted by Gasteiger charge is 2.18. The molecule has 0 saturated carbocycles. The molecule has 0 amide bonds. The molecular formula is C14H22N2O3. The Kier molecular flexibility index (Phi) is 5.76. The van der Waals surface area contributed by atoms with E-state index in [-0.39, 0.29) is 12.2 Å². The lowest BCUT2D eigenvalue weighted by atomic mass is 10.1. The molecular weight excluding hydrogens is 244 g/mol. The third-order valence-corrected chi connectivity index (χ3v) is 3.32. The Hall–Kier alpha value is -1.62. The van der Waals surface area contributed by atoms with Crippen LogP contribution in [0.15, 0.2) is 12.1 Å². The van der Waals surface area contributed by atoms with Crippen LogP contribution in [0, 0.1) is 6.92 Å². The van der Waals surface area contributed by atoms with Crippen LogP contribution >= 0.6 is 0 Å². The van der Waals surface area contributed by atoms with Crippen LogP contribution in [0.4, 0.5) is 5.82 Å². The van der Waals surface area contributed by atoms with Gasteiger partial charge in [0.05, 0.1) is 17.9 Å². The first-order valence-corrected chi connectivity index (χ1v) is 6.63. The van der Waals surface area contributed by atoms with E-state index in [1.165, 1.54) is 0 Å². The molecule has 106 valence electrons. The summed E-state index contributed by atoms with van der Waals surface area (Å²) in [6.45, 7) is 6.44. The molecule has 1 heterocycles. The summed E-state index contributed by atoms with van der Waals surface area (Å²) < 4.78 is 0. The number of carboxylic acid groups (broad SMARTS) is 1. The predicted molar refractivity (Wildman–Crippen MR) is 74.7 cm³/mol. The fourth-order valence-corrected chi connectivity index (χ4v) is 2.26. The van der Waals surface area contributed by atoms with Gasteiger partial charge in [-0.1, -0.05) is 13.8 Å². The molecule has 0 unspecified atom stereocenters. The molecule has 1 rings (SSSR count). The smallest absolute Gasteiger partial charge is 0.337 e. The van der Waals surface area contributed by atoms with Crippen molar-refractivity contribution in [3.63, 3.8) is 0 Å². The number of rotatable bonds is 7. The third-order valence-electron chi connectivity index (χ3n) is 3.32. The van der Waals surface area contributed by atoms with Crippen molar-refractivity contribution >= 4 is 11.8 Å². The van der Waals surface area contributed by atoms with Crippen molar-refractivity contribution in [2.45, 2.75) is 39.7 Å². The molecule has 2 N–H and O–H groups in total. The lowest BCUT2D eigenvalue weighted by molar-refractivity contribution is 0.0695. The zero-order valence-electron chi connectivity index (χ0n) is 11.8. The Morgan fingerprint density at radius 1 is 1.37 bits per heavy atom. The molecule has 0 spiro atoms. The molecule has 0 aliphatic carbocycles. The van der Waals surface area contributed by atoms with E-state index in [0.717, 1.165) is 18.7 Å². The number of aromatic nitrogens is 1. The van der Waals surface area contributed by atoms with E-state index in [1.807, 2.05) is 4.90 Å². The van der Waals surface area contributed by atoms with Crippen LogP contribution in [0.1, 0.15) is 42.7 Å². The van der Waals surface area contributed by atoms with Gasteiger partial charge in [0.1, 0.15) is 5.82 Å². The van der Waals surface area contributed by atoms with Gasteiger partial charge in [-0.2, -0.15) is 0 Å². The Morgan fingerprint density at radius 3 is 2.42 bits per heavy atom. The number of aliphatic hydroxyl groups excluding tert-OH is 1. The number of aryl methyl sites for hydroxylation is 1. The van der Waals surface area contributed by atoms with Crippen LogP contribution in [0.3, 0.4) is 0 Å². The van der Waals surface area contributed by atoms with Crippen LogP contribution < -0.4 is 4.90 Å². The number of carbonyl (C=O) groups is 1. The number of hydrogen-bond acceptors (Lipinski definition) is 4. The molecule has 0 aromatic carbocycles. The van der Waals surface area contributed by atoms with E-state index < -0.39 is 5.97 Å². The minimum absolute atomic E-state index is 0.0535. The molecule has 5 nitrogen and oxygen atoms in total. The van der Waals surface area contributed by atoms with Crippen LogP contribution in [-0.4, -0.2) is 40.4 Å². The van der Waals surface area contributed by atoms with Gasteiger partial charge in [0.25, 0.3) is 0 Å². The second-order valence-corrected chi connectivity index (χ2v) is 4.49. The maximum absolute atomic E-state index is 11.0. The van der Waals surface area contributed by atoms with Crippen molar-refractivity contribution in [1.82, 2.24) is 4.98 Å². The first-order valence-electron chi connectivity index (χ1n) is 6.63. The van der Waals surface area contributed by atoms with Gasteiger partial charge in [-0.05, 0) is 31.9 Å². The lowest BCUT2D eigenvalue weighted by Crippen LogP contribution is -2.37. The van der Waals surface area contributed by atoms with E-state index in [1.54, 1.807) is 19.1 Å². The summed E-state index contributed by atoms with van der Waals surface area (Å²) >= 11 is 0. The topological polar surface area (TPSA) is 73.7 Å². The monoisotopic (exact) mass is 266 g/mol. The van der Waals surface area contributed by atoms with Gasteiger partial charge >= 0.3 is 5.97 Å². The zero-order chi connectivity index (χ0) is 14.4. The van der Waals surface area contributed by atoms with Gasteiger partial charge in [0.2, 0.25) is 0 Å². The molecule has 0 aliphatic rings. The van der Waals surface area contributed by atoms with E-state index in [9.17, 15) is 9.90 Å². The minimum Gasteiger partial charge on any atom is -0.478 e. The zero-order valence-corrected chi connectivity index (χ0v) is 11.8. The summed E-state index contributed by atoms with van der Waals surface area (Å²) in [5.74, 6) is -0.238. The summed E-state index contributed by atoms with van der Waals surface area (Å²) in [7, 11) is 0. The molecule has 1 aromatic heterocycles. The van der Waals surface area contributed by atoms with E-state index >= 15 is 0 Å². The Balaban J connectivity index is 3.09. The number of aliphatic hydroxyl groups is 1. The van der Waals surface area contributed by atoms with Crippen molar-refractivity contribution in [3.05, 3.63) is 23.4 Å². The van der Waals surface area contributed by atoms with Gasteiger partial charge in [-0.15, -0.1) is 0 Å². The van der Waals surface area contributed by atoms with E-state index in [2.05, 4.69) is 18.8 Å². The Morgan fingerprint density at radius 2 is 2.00 bits per heavy atom. The first-order chi connectivity index (χ1) is 9.04. The molecule has 1 aromatic rings. The predicted octanol–water partition coefficient (Wildman–Crippen LogP) is 2.08. The van der Waals surface area contributed by atoms with Gasteiger partial charge < -0.3 is 15.1 Å². The largest absolute Gasteiger partial charge is 0.478 e. The standard InChI is InChI=1S/C14H22N2O3/c1-4-11(5-2)16(8-9-17)13-7-6-12(14(18)19)10(3)15-13/h6-7,11,17H,4-5,8-9H2,1-3H3,(H,18,19). The number of hydrogen-bond donors (Lipinski definition) is 2. The van der Waals surface area contributed by atoms with Gasteiger partial charge in [0.15, 0.2) is 0 Å². The molecule has 19 heavy (non-hydrogen) atoms. The average molecular weight is 266 g/mol. The lowest BCUT2D eigenvalue weighted by Gasteiger charge is -2.31. The Labute approximate surface area is 113 Å². The van der Waals surface area contributed by atoms with Gasteiger partial charge in [0, 0.05) is 12.6 Å². The van der Waals surface area contributed by atoms with Crippen LogP contribution in [0.5, 0.6) is 0 Å². The average Bonchev–Trinajstić information content (AvgIpc) is 2.38. The fraction of sp³-hybridized carbons (Fsp3) is 0.571. The second-order valence-electron chi connectivity index (χ2n) is 4.49. The summed E-state index contributed by atoms with van der Waals surface area (Å²) in [4.78, 5) is 17.4. The van der Waals surface area contributed by atoms with Crippen molar-refractivity contribution in [2.24, 2.45) is 0 Å². The van der Waals surface area contributed by atoms with Crippen molar-refractivity contribution in [1.29, 1.82) is 0 Å². The second kappa shape index (κ2) is 7.09. The highest BCUT2D eigenvalue weighted by Crippen LogP contribution is 2.20. The molecule has 0 bridgehead atoms. The number of pyridine rings is 1. The molecule has 0 radical (unpaired) electrons. The van der Waals surface area contributed by atoms with Crippen LogP contribution in [-0.2, 0) is 0 Å². The molecule has 0 atom stereocenters.